The van der Waals surface area contributed by atoms with E-state index >= 15 is 0 Å². The maximum absolute atomic E-state index is 9.18. The summed E-state index contributed by atoms with van der Waals surface area (Å²) in [4.78, 5) is 0. The zero-order chi connectivity index (χ0) is 11.5. The summed E-state index contributed by atoms with van der Waals surface area (Å²) in [5.41, 5.74) is 1.18. The largest absolute Gasteiger partial charge is 0.497 e. The number of aliphatic hydroxyl groups excluding tert-OH is 1. The van der Waals surface area contributed by atoms with Crippen molar-refractivity contribution in [3.8, 4) is 5.75 Å². The third kappa shape index (κ3) is 2.75. The van der Waals surface area contributed by atoms with E-state index < -0.39 is 0 Å². The molecule has 2 rings (SSSR count). The van der Waals surface area contributed by atoms with Gasteiger partial charge in [0, 0.05) is 17.1 Å². The van der Waals surface area contributed by atoms with Gasteiger partial charge in [0.25, 0.3) is 0 Å². The lowest BCUT2D eigenvalue weighted by Gasteiger charge is -2.32. The first-order chi connectivity index (χ1) is 7.69. The highest BCUT2D eigenvalue weighted by Crippen LogP contribution is 2.24. The molecular weight excluding hydrogens is 270 g/mol. The first-order valence-electron chi connectivity index (χ1n) is 5.43. The molecule has 3 nitrogen and oxygen atoms in total. The fraction of sp³-hybridized carbons (Fsp3) is 0.500. The molecule has 1 aliphatic carbocycles. The van der Waals surface area contributed by atoms with E-state index in [1.807, 2.05) is 18.2 Å². The maximum atomic E-state index is 9.18. The van der Waals surface area contributed by atoms with Crippen LogP contribution in [0.3, 0.4) is 0 Å². The number of benzene rings is 1. The molecule has 0 amide bonds. The van der Waals surface area contributed by atoms with Gasteiger partial charge in [-0.05, 0) is 36.6 Å². The topological polar surface area (TPSA) is 41.5 Å². The number of methoxy groups -OCH3 is 1. The van der Waals surface area contributed by atoms with Crippen molar-refractivity contribution in [3.63, 3.8) is 0 Å². The summed E-state index contributed by atoms with van der Waals surface area (Å²) in [5, 5.41) is 12.6. The quantitative estimate of drug-likeness (QED) is 0.890. The number of rotatable bonds is 4. The second-order valence-electron chi connectivity index (χ2n) is 4.16. The van der Waals surface area contributed by atoms with Crippen molar-refractivity contribution in [1.29, 1.82) is 0 Å². The number of ether oxygens (including phenoxy) is 1. The molecule has 0 bridgehead atoms. The minimum Gasteiger partial charge on any atom is -0.497 e. The molecule has 0 spiro atoms. The molecule has 2 N–H and O–H groups in total. The molecule has 0 aliphatic heterocycles. The summed E-state index contributed by atoms with van der Waals surface area (Å²) in [7, 11) is 1.67. The van der Waals surface area contributed by atoms with Crippen LogP contribution in [-0.2, 0) is 6.54 Å². The van der Waals surface area contributed by atoms with Gasteiger partial charge in [-0.15, -0.1) is 0 Å². The van der Waals surface area contributed by atoms with Crippen molar-refractivity contribution < 1.29 is 9.84 Å². The molecule has 0 radical (unpaired) electrons. The predicted molar refractivity (Wildman–Crippen MR) is 66.6 cm³/mol. The molecule has 0 heterocycles. The summed E-state index contributed by atoms with van der Waals surface area (Å²) in [5.74, 6) is 0.869. The van der Waals surface area contributed by atoms with Crippen LogP contribution < -0.4 is 10.1 Å². The lowest BCUT2D eigenvalue weighted by Crippen LogP contribution is -2.43. The van der Waals surface area contributed by atoms with Crippen molar-refractivity contribution in [2.75, 3.05) is 7.11 Å². The summed E-state index contributed by atoms with van der Waals surface area (Å²) in [6, 6.07) is 6.39. The monoisotopic (exact) mass is 285 g/mol. The first kappa shape index (κ1) is 11.9. The second kappa shape index (κ2) is 5.17. The van der Waals surface area contributed by atoms with Gasteiger partial charge in [0.2, 0.25) is 0 Å². The fourth-order valence-corrected chi connectivity index (χ4v) is 2.21. The van der Waals surface area contributed by atoms with E-state index in [1.165, 1.54) is 5.56 Å². The zero-order valence-corrected chi connectivity index (χ0v) is 10.8. The van der Waals surface area contributed by atoms with Gasteiger partial charge in [0.05, 0.1) is 13.2 Å². The lowest BCUT2D eigenvalue weighted by molar-refractivity contribution is 0.0619. The molecule has 0 atom stereocenters. The normalized spacial score (nSPS) is 23.9. The lowest BCUT2D eigenvalue weighted by atomic mass is 9.89. The van der Waals surface area contributed by atoms with Crippen LogP contribution in [0.15, 0.2) is 22.7 Å². The minimum atomic E-state index is -0.105. The molecule has 4 heteroatoms. The van der Waals surface area contributed by atoms with Gasteiger partial charge >= 0.3 is 0 Å². The van der Waals surface area contributed by atoms with Crippen LogP contribution in [0.4, 0.5) is 0 Å². The Bertz CT molecular complexity index is 364. The van der Waals surface area contributed by atoms with Crippen LogP contribution >= 0.6 is 15.9 Å². The minimum absolute atomic E-state index is 0.105. The number of nitrogens with one attached hydrogen (secondary N) is 1. The van der Waals surface area contributed by atoms with Gasteiger partial charge in [-0.25, -0.2) is 0 Å². The average Bonchev–Trinajstić information content (AvgIpc) is 2.25. The molecule has 1 aromatic rings. The van der Waals surface area contributed by atoms with Gasteiger partial charge in [-0.3, -0.25) is 0 Å². The standard InChI is InChI=1S/C12H16BrNO2/c1-16-11-2-3-12(13)8(4-11)7-14-9-5-10(15)6-9/h2-4,9-10,14-15H,5-7H2,1H3. The SMILES string of the molecule is COc1ccc(Br)c(CNC2CC(O)C2)c1. The van der Waals surface area contributed by atoms with E-state index in [2.05, 4.69) is 21.2 Å². The number of hydrogen-bond donors (Lipinski definition) is 2. The Labute approximate surface area is 104 Å². The van der Waals surface area contributed by atoms with E-state index in [0.29, 0.717) is 6.04 Å². The van der Waals surface area contributed by atoms with Crippen LogP contribution in [-0.4, -0.2) is 24.4 Å². The Morgan fingerprint density at radius 3 is 2.88 bits per heavy atom. The van der Waals surface area contributed by atoms with E-state index in [1.54, 1.807) is 7.11 Å². The van der Waals surface area contributed by atoms with Crippen molar-refractivity contribution in [3.05, 3.63) is 28.2 Å². The maximum Gasteiger partial charge on any atom is 0.119 e. The summed E-state index contributed by atoms with van der Waals surface area (Å²) in [6.07, 6.45) is 1.62. The fourth-order valence-electron chi connectivity index (χ4n) is 1.82. The van der Waals surface area contributed by atoms with Gasteiger partial charge in [-0.2, -0.15) is 0 Å². The van der Waals surface area contributed by atoms with E-state index in [4.69, 9.17) is 4.74 Å². The van der Waals surface area contributed by atoms with Crippen molar-refractivity contribution in [2.45, 2.75) is 31.5 Å². The van der Waals surface area contributed by atoms with Crippen LogP contribution in [0.2, 0.25) is 0 Å². The molecule has 0 aromatic heterocycles. The number of halogens is 1. The summed E-state index contributed by atoms with van der Waals surface area (Å²) in [6.45, 7) is 0.801. The summed E-state index contributed by atoms with van der Waals surface area (Å²) < 4.78 is 6.27. The highest BCUT2D eigenvalue weighted by atomic mass is 79.9. The molecule has 1 aliphatic rings. The Kier molecular flexibility index (Phi) is 3.84. The molecule has 0 saturated heterocycles. The molecule has 1 saturated carbocycles. The van der Waals surface area contributed by atoms with Gasteiger partial charge < -0.3 is 15.2 Å². The van der Waals surface area contributed by atoms with Crippen LogP contribution in [0.5, 0.6) is 5.75 Å². The zero-order valence-electron chi connectivity index (χ0n) is 9.24. The highest BCUT2D eigenvalue weighted by Gasteiger charge is 2.26. The van der Waals surface area contributed by atoms with Gasteiger partial charge in [0.1, 0.15) is 5.75 Å². The van der Waals surface area contributed by atoms with Crippen LogP contribution in [0.25, 0.3) is 0 Å². The highest BCUT2D eigenvalue weighted by molar-refractivity contribution is 9.10. The Hall–Kier alpha value is -0.580. The Balaban J connectivity index is 1.92. The van der Waals surface area contributed by atoms with E-state index in [-0.39, 0.29) is 6.10 Å². The first-order valence-corrected chi connectivity index (χ1v) is 6.22. The van der Waals surface area contributed by atoms with Crippen LogP contribution in [0, 0.1) is 0 Å². The van der Waals surface area contributed by atoms with Gasteiger partial charge in [-0.1, -0.05) is 15.9 Å². The third-order valence-corrected chi connectivity index (χ3v) is 3.72. The molecular formula is C12H16BrNO2. The molecule has 1 fully saturated rings. The van der Waals surface area contributed by atoms with Crippen molar-refractivity contribution >= 4 is 15.9 Å². The Morgan fingerprint density at radius 1 is 1.50 bits per heavy atom. The second-order valence-corrected chi connectivity index (χ2v) is 5.01. The third-order valence-electron chi connectivity index (χ3n) is 2.95. The smallest absolute Gasteiger partial charge is 0.119 e. The molecule has 1 aromatic carbocycles. The van der Waals surface area contributed by atoms with E-state index in [9.17, 15) is 5.11 Å². The number of aliphatic hydroxyl groups is 1. The Morgan fingerprint density at radius 2 is 2.25 bits per heavy atom. The summed E-state index contributed by atoms with van der Waals surface area (Å²) >= 11 is 3.52. The molecule has 0 unspecified atom stereocenters. The van der Waals surface area contributed by atoms with Crippen LogP contribution in [0.1, 0.15) is 18.4 Å². The van der Waals surface area contributed by atoms with Crippen molar-refractivity contribution in [1.82, 2.24) is 5.32 Å². The van der Waals surface area contributed by atoms with E-state index in [0.717, 1.165) is 29.6 Å². The molecule has 88 valence electrons. The number of hydrogen-bond acceptors (Lipinski definition) is 3. The molecule has 16 heavy (non-hydrogen) atoms. The average molecular weight is 286 g/mol. The predicted octanol–water partition coefficient (Wildman–Crippen LogP) is 2.07. The van der Waals surface area contributed by atoms with Crippen molar-refractivity contribution in [2.24, 2.45) is 0 Å². The van der Waals surface area contributed by atoms with Gasteiger partial charge in [0.15, 0.2) is 0 Å².